The van der Waals surface area contributed by atoms with Gasteiger partial charge in [-0.15, -0.1) is 0 Å². The van der Waals surface area contributed by atoms with Gasteiger partial charge in [-0.1, -0.05) is 0 Å². The predicted molar refractivity (Wildman–Crippen MR) is 160 cm³/mol. The molecule has 1 aromatic rings. The number of carbonyl (C=O) groups excluding carboxylic acids is 2. The highest BCUT2D eigenvalue weighted by atomic mass is 32.3. The fraction of sp³-hybridized carbons (Fsp3) is 0.704. The van der Waals surface area contributed by atoms with Crippen LogP contribution in [0.1, 0.15) is 30.6 Å². The summed E-state index contributed by atoms with van der Waals surface area (Å²) in [5.74, 6) is -2.02. The van der Waals surface area contributed by atoms with Crippen molar-refractivity contribution < 1.29 is 91.1 Å². The van der Waals surface area contributed by atoms with Gasteiger partial charge in [0.05, 0.1) is 24.2 Å². The Morgan fingerprint density at radius 1 is 0.980 bits per heavy atom. The predicted octanol–water partition coefficient (Wildman–Crippen LogP) is -4.88. The quantitative estimate of drug-likeness (QED) is 0.0413. The Morgan fingerprint density at radius 2 is 1.61 bits per heavy atom. The maximum Gasteiger partial charge on any atom is 0.397 e. The molecule has 23 nitrogen and oxygen atoms in total. The Hall–Kier alpha value is -3.05. The van der Waals surface area contributed by atoms with Gasteiger partial charge in [-0.2, -0.15) is 8.42 Å². The SMILES string of the molecule is CC(=O)N[C@]1(O)[C@H](NC(=O)c2ccc([N+](=O)[O-])cc2)O[C@H](CO)[C@@H](O[C@H]2C[C@@H](OS(=O)(=O)O)[C@@H](O)[C@@H](CO)O2)[C@@H]1O[C@@H]1O[C@@H](C)[C@@H](O)[C@@H](O)[C@@H]1O. The van der Waals surface area contributed by atoms with Crippen LogP contribution in [0.15, 0.2) is 24.3 Å². The van der Waals surface area contributed by atoms with Crippen molar-refractivity contribution in [3.8, 4) is 0 Å². The Morgan fingerprint density at radius 3 is 2.16 bits per heavy atom. The van der Waals surface area contributed by atoms with E-state index in [0.717, 1.165) is 31.2 Å². The first-order chi connectivity index (χ1) is 23.8. The highest BCUT2D eigenvalue weighted by molar-refractivity contribution is 7.80. The maximum atomic E-state index is 13.3. The Balaban J connectivity index is 1.76. The number of benzene rings is 1. The van der Waals surface area contributed by atoms with E-state index in [1.54, 1.807) is 0 Å². The van der Waals surface area contributed by atoms with Gasteiger partial charge in [0.1, 0.15) is 54.9 Å². The van der Waals surface area contributed by atoms with Crippen molar-refractivity contribution in [3.63, 3.8) is 0 Å². The minimum absolute atomic E-state index is 0.197. The van der Waals surface area contributed by atoms with Gasteiger partial charge in [0.2, 0.25) is 11.6 Å². The van der Waals surface area contributed by atoms with Gasteiger partial charge >= 0.3 is 10.4 Å². The third kappa shape index (κ3) is 9.31. The highest BCUT2D eigenvalue weighted by Gasteiger charge is 2.61. The molecule has 0 aromatic heterocycles. The van der Waals surface area contributed by atoms with Gasteiger partial charge < -0.3 is 70.1 Å². The van der Waals surface area contributed by atoms with E-state index in [2.05, 4.69) is 14.8 Å². The number of nitrogens with one attached hydrogen (secondary N) is 2. The third-order valence-corrected chi connectivity index (χ3v) is 8.79. The fourth-order valence-corrected chi connectivity index (χ4v) is 6.28. The summed E-state index contributed by atoms with van der Waals surface area (Å²) in [5.41, 5.74) is -3.53. The number of aliphatic hydroxyl groups excluding tert-OH is 6. The number of nitrogens with zero attached hydrogens (tertiary/aromatic N) is 1. The molecule has 0 radical (unpaired) electrons. The average molecular weight is 758 g/mol. The fourth-order valence-electron chi connectivity index (χ4n) is 5.77. The number of nitro groups is 1. The molecule has 3 saturated heterocycles. The molecule has 288 valence electrons. The first-order valence-electron chi connectivity index (χ1n) is 15.2. The van der Waals surface area contributed by atoms with Gasteiger partial charge in [-0.25, -0.2) is 4.18 Å². The summed E-state index contributed by atoms with van der Waals surface area (Å²) in [7, 11) is -5.18. The van der Waals surface area contributed by atoms with Crippen LogP contribution < -0.4 is 10.6 Å². The zero-order valence-corrected chi connectivity index (χ0v) is 27.6. The number of hydrogen-bond acceptors (Lipinski definition) is 19. The van der Waals surface area contributed by atoms with Gasteiger partial charge in [-0.3, -0.25) is 24.3 Å². The molecule has 0 aliphatic carbocycles. The second-order valence-electron chi connectivity index (χ2n) is 11.9. The zero-order chi connectivity index (χ0) is 38.0. The van der Waals surface area contributed by atoms with Crippen LogP contribution in [0.5, 0.6) is 0 Å². The van der Waals surface area contributed by atoms with Crippen molar-refractivity contribution in [2.75, 3.05) is 13.2 Å². The van der Waals surface area contributed by atoms with Crippen molar-refractivity contribution in [1.82, 2.24) is 10.6 Å². The van der Waals surface area contributed by atoms with E-state index in [1.165, 1.54) is 6.92 Å². The topological polar surface area (TPSA) is 353 Å². The van der Waals surface area contributed by atoms with Crippen LogP contribution in [0.25, 0.3) is 0 Å². The summed E-state index contributed by atoms with van der Waals surface area (Å²) in [6.07, 6.45) is -24.1. The van der Waals surface area contributed by atoms with Gasteiger partial charge in [0, 0.05) is 31.0 Å². The lowest BCUT2D eigenvalue weighted by Gasteiger charge is -2.53. The van der Waals surface area contributed by atoms with Crippen LogP contribution in [-0.2, 0) is 43.1 Å². The molecule has 2 amide bonds. The molecule has 51 heavy (non-hydrogen) atoms. The monoisotopic (exact) mass is 757 g/mol. The molecule has 3 aliphatic heterocycles. The molecule has 14 atom stereocenters. The minimum atomic E-state index is -5.18. The number of non-ortho nitro benzene ring substituents is 1. The normalized spacial score (nSPS) is 38.8. The number of amides is 2. The standard InChI is InChI=1S/C27H39N3O20S/c1-10-18(34)20(36)21(37)25(45-10)49-23-22(48-17-7-14(50-51(42,43)44)19(35)15(8-31)46-17)16(9-32)47-26(27(23,39)29-11(2)33)28-24(38)12-3-5-13(6-4-12)30(40)41/h3-6,10,14-23,25-26,31-32,34-37,39H,7-9H2,1-2H3,(H,28,38)(H,29,33)(H,42,43,44)/t10-,14+,15+,16+,17-,18+,19+,20+,21-,22+,23-,25-,26+,27+/m0/s1. The van der Waals surface area contributed by atoms with Crippen LogP contribution in [0.2, 0.25) is 0 Å². The van der Waals surface area contributed by atoms with Crippen molar-refractivity contribution in [2.24, 2.45) is 0 Å². The molecule has 3 aliphatic rings. The lowest BCUT2D eigenvalue weighted by atomic mass is 9.90. The molecule has 24 heteroatoms. The van der Waals surface area contributed by atoms with E-state index < -0.39 is 132 Å². The molecule has 3 heterocycles. The third-order valence-electron chi connectivity index (χ3n) is 8.30. The number of hydrogen-bond donors (Lipinski definition) is 10. The van der Waals surface area contributed by atoms with E-state index in [4.69, 9.17) is 23.7 Å². The number of ether oxygens (including phenoxy) is 5. The molecule has 3 fully saturated rings. The van der Waals surface area contributed by atoms with Crippen LogP contribution in [0, 0.1) is 10.1 Å². The molecule has 10 N–H and O–H groups in total. The first-order valence-corrected chi connectivity index (χ1v) is 16.6. The van der Waals surface area contributed by atoms with Crippen molar-refractivity contribution in [3.05, 3.63) is 39.9 Å². The smallest absolute Gasteiger partial charge is 0.394 e. The van der Waals surface area contributed by atoms with Crippen LogP contribution in [0.3, 0.4) is 0 Å². The summed E-state index contributed by atoms with van der Waals surface area (Å²) in [5, 5.41) is 89.7. The largest absolute Gasteiger partial charge is 0.397 e. The van der Waals surface area contributed by atoms with E-state index in [1.807, 2.05) is 0 Å². The molecule has 0 spiro atoms. The van der Waals surface area contributed by atoms with Crippen molar-refractivity contribution in [1.29, 1.82) is 0 Å². The first kappa shape index (κ1) is 40.7. The van der Waals surface area contributed by atoms with Gasteiger partial charge in [0.25, 0.3) is 11.6 Å². The second kappa shape index (κ2) is 16.3. The zero-order valence-electron chi connectivity index (χ0n) is 26.8. The average Bonchev–Trinajstić information content (AvgIpc) is 3.05. The number of aliphatic hydroxyl groups is 7. The number of nitro benzene ring substituents is 1. The molecular formula is C27H39N3O20S. The van der Waals surface area contributed by atoms with E-state index >= 15 is 0 Å². The molecule has 4 rings (SSSR count). The number of rotatable bonds is 12. The van der Waals surface area contributed by atoms with Gasteiger partial charge in [0.15, 0.2) is 18.8 Å². The highest BCUT2D eigenvalue weighted by Crippen LogP contribution is 2.37. The lowest BCUT2D eigenvalue weighted by molar-refractivity contribution is -0.384. The number of carbonyl (C=O) groups is 2. The lowest BCUT2D eigenvalue weighted by Crippen LogP contribution is -2.78. The molecular weight excluding hydrogens is 718 g/mol. The summed E-state index contributed by atoms with van der Waals surface area (Å²) < 4.78 is 65.3. The van der Waals surface area contributed by atoms with Crippen LogP contribution in [0.4, 0.5) is 5.69 Å². The summed E-state index contributed by atoms with van der Waals surface area (Å²) in [6.45, 7) is 0.272. The molecule has 0 bridgehead atoms. The van der Waals surface area contributed by atoms with Crippen LogP contribution in [-0.4, -0.2) is 164 Å². The van der Waals surface area contributed by atoms with E-state index in [-0.39, 0.29) is 11.3 Å². The summed E-state index contributed by atoms with van der Waals surface area (Å²) in [6, 6.07) is 4.14. The Bertz CT molecular complexity index is 1500. The summed E-state index contributed by atoms with van der Waals surface area (Å²) >= 11 is 0. The second-order valence-corrected chi connectivity index (χ2v) is 13.0. The Kier molecular flexibility index (Phi) is 13.0. The maximum absolute atomic E-state index is 13.3. The summed E-state index contributed by atoms with van der Waals surface area (Å²) in [4.78, 5) is 36.2. The van der Waals surface area contributed by atoms with E-state index in [9.17, 15) is 68.4 Å². The minimum Gasteiger partial charge on any atom is -0.394 e. The van der Waals surface area contributed by atoms with Crippen molar-refractivity contribution >= 4 is 27.9 Å². The van der Waals surface area contributed by atoms with Gasteiger partial charge in [-0.05, 0) is 19.1 Å². The molecule has 0 unspecified atom stereocenters. The Labute approximate surface area is 288 Å². The van der Waals surface area contributed by atoms with Crippen molar-refractivity contribution in [2.45, 2.75) is 106 Å². The van der Waals surface area contributed by atoms with Crippen LogP contribution >= 0.6 is 0 Å². The van der Waals surface area contributed by atoms with E-state index in [0.29, 0.717) is 0 Å². The molecule has 1 aromatic carbocycles. The molecule has 0 saturated carbocycles.